The highest BCUT2D eigenvalue weighted by Crippen LogP contribution is 2.49. The van der Waals surface area contributed by atoms with Gasteiger partial charge in [-0.1, -0.05) is 26.0 Å². The number of aryl methyl sites for hydroxylation is 4. The van der Waals surface area contributed by atoms with Crippen molar-refractivity contribution in [1.82, 2.24) is 4.98 Å². The highest BCUT2D eigenvalue weighted by Gasteiger charge is 2.37. The third kappa shape index (κ3) is 2.31. The van der Waals surface area contributed by atoms with E-state index in [1.807, 2.05) is 24.6 Å². The summed E-state index contributed by atoms with van der Waals surface area (Å²) in [5.41, 5.74) is 9.36. The Labute approximate surface area is 154 Å². The first kappa shape index (κ1) is 12.8. The van der Waals surface area contributed by atoms with Gasteiger partial charge in [-0.15, -0.1) is 0 Å². The lowest BCUT2D eigenvalue weighted by Crippen LogP contribution is -2.31. The van der Waals surface area contributed by atoms with Crippen molar-refractivity contribution in [3.63, 3.8) is 0 Å². The molecular formula is C23H25N2+. The second-order valence-electron chi connectivity index (χ2n) is 7.60. The van der Waals surface area contributed by atoms with Crippen LogP contribution in [0.1, 0.15) is 46.0 Å². The van der Waals surface area contributed by atoms with E-state index in [4.69, 9.17) is 9.10 Å². The van der Waals surface area contributed by atoms with Crippen molar-refractivity contribution in [1.29, 1.82) is 0 Å². The quantitative estimate of drug-likeness (QED) is 0.585. The molecule has 0 radical (unpaired) electrons. The monoisotopic (exact) mass is 332 g/mol. The lowest BCUT2D eigenvalue weighted by molar-refractivity contribution is -0.660. The van der Waals surface area contributed by atoms with Gasteiger partial charge in [0, 0.05) is 38.0 Å². The fraction of sp³-hybridized carbons (Fsp3) is 0.304. The summed E-state index contributed by atoms with van der Waals surface area (Å²) in [4.78, 5) is 4.84. The summed E-state index contributed by atoms with van der Waals surface area (Å²) >= 11 is 0. The number of hydrogen-bond donors (Lipinski definition) is 0. The van der Waals surface area contributed by atoms with Gasteiger partial charge in [0.05, 0.1) is 5.69 Å². The molecule has 3 aromatic rings. The van der Waals surface area contributed by atoms with Gasteiger partial charge in [-0.25, -0.2) is 4.57 Å². The van der Waals surface area contributed by atoms with Gasteiger partial charge in [-0.05, 0) is 55.6 Å². The third-order valence-electron chi connectivity index (χ3n) is 5.36. The van der Waals surface area contributed by atoms with E-state index in [0.717, 1.165) is 22.6 Å². The summed E-state index contributed by atoms with van der Waals surface area (Å²) < 4.78 is 24.8. The molecule has 25 heavy (non-hydrogen) atoms. The maximum Gasteiger partial charge on any atom is 0.212 e. The minimum atomic E-state index is -2.10. The SMILES string of the molecule is [2H]C([2H])([2H])c1ccc(-c2cc3c(cc2C)C(C)(C)c2nc(C)ccc2-3)[n+](C)c1. The molecule has 2 heterocycles. The molecule has 0 N–H and O–H groups in total. The van der Waals surface area contributed by atoms with E-state index in [-0.39, 0.29) is 5.41 Å². The van der Waals surface area contributed by atoms with Crippen LogP contribution in [-0.4, -0.2) is 4.98 Å². The number of nitrogens with zero attached hydrogens (tertiary/aromatic N) is 2. The smallest absolute Gasteiger partial charge is 0.212 e. The van der Waals surface area contributed by atoms with Crippen LogP contribution in [0.3, 0.4) is 0 Å². The van der Waals surface area contributed by atoms with Crippen LogP contribution >= 0.6 is 0 Å². The minimum Gasteiger partial charge on any atom is -0.257 e. The van der Waals surface area contributed by atoms with Crippen LogP contribution in [0.25, 0.3) is 22.4 Å². The van der Waals surface area contributed by atoms with Gasteiger partial charge < -0.3 is 0 Å². The zero-order valence-corrected chi connectivity index (χ0v) is 15.4. The summed E-state index contributed by atoms with van der Waals surface area (Å²) in [6.07, 6.45) is 1.71. The second-order valence-corrected chi connectivity index (χ2v) is 7.60. The lowest BCUT2D eigenvalue weighted by Gasteiger charge is -2.21. The van der Waals surface area contributed by atoms with Crippen LogP contribution in [0, 0.1) is 20.7 Å². The highest BCUT2D eigenvalue weighted by atomic mass is 14.9. The van der Waals surface area contributed by atoms with Crippen LogP contribution in [-0.2, 0) is 12.5 Å². The molecule has 0 spiro atoms. The van der Waals surface area contributed by atoms with Crippen molar-refractivity contribution in [2.75, 3.05) is 0 Å². The summed E-state index contributed by atoms with van der Waals surface area (Å²) in [6, 6.07) is 12.3. The Morgan fingerprint density at radius 3 is 2.52 bits per heavy atom. The van der Waals surface area contributed by atoms with Crippen molar-refractivity contribution in [3.05, 3.63) is 70.7 Å². The molecule has 0 saturated heterocycles. The van der Waals surface area contributed by atoms with E-state index in [0.29, 0.717) is 5.56 Å². The van der Waals surface area contributed by atoms with Gasteiger partial charge in [0.1, 0.15) is 7.05 Å². The zero-order chi connectivity index (χ0) is 20.4. The number of fused-ring (bicyclic) bond motifs is 3. The standard InChI is InChI=1S/C23H25N2/c1-14-7-10-21(25(6)13-14)18-12-19-17-9-8-16(3)24-22(17)23(4,5)20(19)11-15(18)2/h7-13H,1-6H3/q+1/i1D3. The average molecular weight is 332 g/mol. The van der Waals surface area contributed by atoms with Gasteiger partial charge >= 0.3 is 0 Å². The van der Waals surface area contributed by atoms with Crippen molar-refractivity contribution in [2.45, 2.75) is 40.0 Å². The fourth-order valence-corrected chi connectivity index (χ4v) is 3.99. The maximum absolute atomic E-state index is 7.64. The molecule has 0 saturated carbocycles. The Balaban J connectivity index is 1.92. The van der Waals surface area contributed by atoms with Gasteiger partial charge in [0.25, 0.3) is 0 Å². The summed E-state index contributed by atoms with van der Waals surface area (Å²) in [7, 11) is 1.90. The van der Waals surface area contributed by atoms with E-state index < -0.39 is 6.85 Å². The molecule has 2 heteroatoms. The highest BCUT2D eigenvalue weighted by molar-refractivity contribution is 5.83. The molecule has 2 nitrogen and oxygen atoms in total. The topological polar surface area (TPSA) is 16.8 Å². The van der Waals surface area contributed by atoms with Crippen LogP contribution < -0.4 is 4.57 Å². The minimum absolute atomic E-state index is 0.132. The number of rotatable bonds is 1. The first-order valence-electron chi connectivity index (χ1n) is 10.1. The Hall–Kier alpha value is -2.48. The van der Waals surface area contributed by atoms with Crippen LogP contribution in [0.4, 0.5) is 0 Å². The lowest BCUT2D eigenvalue weighted by atomic mass is 9.83. The van der Waals surface area contributed by atoms with Crippen molar-refractivity contribution in [3.8, 4) is 22.4 Å². The number of pyridine rings is 2. The Kier molecular flexibility index (Phi) is 2.70. The average Bonchev–Trinajstić information content (AvgIpc) is 2.81. The summed E-state index contributed by atoms with van der Waals surface area (Å²) in [5, 5.41) is 0. The fourth-order valence-electron chi connectivity index (χ4n) is 3.99. The van der Waals surface area contributed by atoms with Crippen molar-refractivity contribution in [2.24, 2.45) is 7.05 Å². The van der Waals surface area contributed by atoms with E-state index in [2.05, 4.69) is 45.0 Å². The van der Waals surface area contributed by atoms with Gasteiger partial charge in [0.2, 0.25) is 5.69 Å². The van der Waals surface area contributed by atoms with Crippen molar-refractivity contribution >= 4 is 0 Å². The third-order valence-corrected chi connectivity index (χ3v) is 5.36. The van der Waals surface area contributed by atoms with Crippen LogP contribution in [0.5, 0.6) is 0 Å². The van der Waals surface area contributed by atoms with E-state index in [1.54, 1.807) is 12.3 Å². The largest absolute Gasteiger partial charge is 0.257 e. The Bertz CT molecular complexity index is 1110. The molecule has 0 fully saturated rings. The van der Waals surface area contributed by atoms with Gasteiger partial charge in [-0.2, -0.15) is 0 Å². The van der Waals surface area contributed by atoms with Gasteiger partial charge in [-0.3, -0.25) is 4.98 Å². The molecule has 2 aromatic heterocycles. The normalized spacial score (nSPS) is 16.6. The summed E-state index contributed by atoms with van der Waals surface area (Å²) in [5.74, 6) is 0. The van der Waals surface area contributed by atoms with Gasteiger partial charge in [0.15, 0.2) is 6.20 Å². The molecule has 0 unspecified atom stereocenters. The molecule has 1 aliphatic rings. The molecule has 0 aliphatic heterocycles. The first-order chi connectivity index (χ1) is 13.0. The van der Waals surface area contributed by atoms with Crippen molar-refractivity contribution < 1.29 is 8.68 Å². The predicted octanol–water partition coefficient (Wildman–Crippen LogP) is 4.80. The molecule has 4 rings (SSSR count). The van der Waals surface area contributed by atoms with Crippen LogP contribution in [0.2, 0.25) is 0 Å². The van der Waals surface area contributed by atoms with E-state index in [9.17, 15) is 0 Å². The van der Waals surface area contributed by atoms with E-state index >= 15 is 0 Å². The van der Waals surface area contributed by atoms with E-state index in [1.165, 1.54) is 22.3 Å². The molecule has 126 valence electrons. The second kappa shape index (κ2) is 5.26. The zero-order valence-electron chi connectivity index (χ0n) is 18.4. The molecule has 1 aromatic carbocycles. The number of benzene rings is 1. The Morgan fingerprint density at radius 1 is 1.00 bits per heavy atom. The molecule has 0 amide bonds. The van der Waals surface area contributed by atoms with Crippen LogP contribution in [0.15, 0.2) is 42.6 Å². The molecular weight excluding hydrogens is 304 g/mol. The number of aromatic nitrogens is 2. The molecule has 0 atom stereocenters. The number of hydrogen-bond acceptors (Lipinski definition) is 1. The summed E-state index contributed by atoms with van der Waals surface area (Å²) in [6.45, 7) is 6.51. The maximum atomic E-state index is 7.64. The Morgan fingerprint density at radius 2 is 1.80 bits per heavy atom. The molecule has 1 aliphatic carbocycles. The molecule has 0 bridgehead atoms. The predicted molar refractivity (Wildman–Crippen MR) is 103 cm³/mol. The first-order valence-corrected chi connectivity index (χ1v) is 8.64.